The number of rotatable bonds is 2. The first-order chi connectivity index (χ1) is 8.47. The van der Waals surface area contributed by atoms with E-state index in [9.17, 15) is 13.2 Å². The Hall–Kier alpha value is -2.16. The molecule has 0 saturated heterocycles. The highest BCUT2D eigenvalue weighted by Crippen LogP contribution is 2.36. The monoisotopic (exact) mass is 254 g/mol. The van der Waals surface area contributed by atoms with Gasteiger partial charge in [0.05, 0.1) is 12.2 Å². The van der Waals surface area contributed by atoms with Crippen molar-refractivity contribution >= 4 is 10.9 Å². The molecule has 0 saturated carbocycles. The second kappa shape index (κ2) is 4.26. The number of aromatic nitrogens is 1. The SMILES string of the molecule is CCOc1ccc2[nH]c(C(F)(F)F)c(C#N)c2c1. The van der Waals surface area contributed by atoms with Gasteiger partial charge in [0, 0.05) is 10.9 Å². The number of aromatic amines is 1. The van der Waals surface area contributed by atoms with Crippen LogP contribution in [0.5, 0.6) is 5.75 Å². The quantitative estimate of drug-likeness (QED) is 0.892. The average Bonchev–Trinajstić information content (AvgIpc) is 2.67. The highest BCUT2D eigenvalue weighted by molar-refractivity contribution is 5.88. The fraction of sp³-hybridized carbons (Fsp3) is 0.250. The lowest BCUT2D eigenvalue weighted by atomic mass is 10.1. The van der Waals surface area contributed by atoms with Crippen molar-refractivity contribution in [2.24, 2.45) is 0 Å². The van der Waals surface area contributed by atoms with E-state index in [2.05, 4.69) is 4.98 Å². The predicted octanol–water partition coefficient (Wildman–Crippen LogP) is 3.46. The molecule has 1 aromatic carbocycles. The molecule has 18 heavy (non-hydrogen) atoms. The third-order valence-electron chi connectivity index (χ3n) is 2.48. The van der Waals surface area contributed by atoms with Crippen molar-refractivity contribution in [2.75, 3.05) is 6.61 Å². The summed E-state index contributed by atoms with van der Waals surface area (Å²) in [5.41, 5.74) is -1.16. The minimum atomic E-state index is -4.57. The number of hydrogen-bond acceptors (Lipinski definition) is 2. The molecule has 1 aromatic heterocycles. The number of benzene rings is 1. The van der Waals surface area contributed by atoms with Gasteiger partial charge in [-0.3, -0.25) is 0 Å². The molecule has 2 aromatic rings. The number of alkyl halides is 3. The molecule has 0 aliphatic rings. The maximum atomic E-state index is 12.7. The molecule has 0 fully saturated rings. The number of H-pyrrole nitrogens is 1. The Balaban J connectivity index is 2.68. The fourth-order valence-electron chi connectivity index (χ4n) is 1.76. The first kappa shape index (κ1) is 12.3. The molecule has 0 bridgehead atoms. The van der Waals surface area contributed by atoms with E-state index >= 15 is 0 Å². The molecule has 0 spiro atoms. The zero-order chi connectivity index (χ0) is 13.3. The first-order valence-electron chi connectivity index (χ1n) is 5.23. The Labute approximate surface area is 101 Å². The van der Waals surface area contributed by atoms with Gasteiger partial charge in [-0.05, 0) is 25.1 Å². The van der Waals surface area contributed by atoms with Crippen molar-refractivity contribution in [3.05, 3.63) is 29.5 Å². The normalized spacial score (nSPS) is 11.5. The molecule has 2 rings (SSSR count). The van der Waals surface area contributed by atoms with Crippen molar-refractivity contribution in [3.8, 4) is 11.8 Å². The van der Waals surface area contributed by atoms with Gasteiger partial charge in [-0.15, -0.1) is 0 Å². The summed E-state index contributed by atoms with van der Waals surface area (Å²) < 4.78 is 43.3. The standard InChI is InChI=1S/C12H9F3N2O/c1-2-18-7-3-4-10-8(5-7)9(6-16)11(17-10)12(13,14)15/h3-5,17H,2H2,1H3. The Kier molecular flexibility index (Phi) is 2.91. The van der Waals surface area contributed by atoms with Gasteiger partial charge in [0.25, 0.3) is 0 Å². The van der Waals surface area contributed by atoms with Crippen LogP contribution in [0.3, 0.4) is 0 Å². The molecule has 94 valence electrons. The van der Waals surface area contributed by atoms with Crippen molar-refractivity contribution in [2.45, 2.75) is 13.1 Å². The number of hydrogen-bond donors (Lipinski definition) is 1. The summed E-state index contributed by atoms with van der Waals surface area (Å²) in [7, 11) is 0. The highest BCUT2D eigenvalue weighted by Gasteiger charge is 2.36. The lowest BCUT2D eigenvalue weighted by Gasteiger charge is -2.03. The highest BCUT2D eigenvalue weighted by atomic mass is 19.4. The van der Waals surface area contributed by atoms with Gasteiger partial charge in [0.15, 0.2) is 0 Å². The van der Waals surface area contributed by atoms with Gasteiger partial charge in [-0.2, -0.15) is 18.4 Å². The van der Waals surface area contributed by atoms with Crippen LogP contribution in [0, 0.1) is 11.3 Å². The van der Waals surface area contributed by atoms with E-state index in [1.54, 1.807) is 19.1 Å². The van der Waals surface area contributed by atoms with E-state index < -0.39 is 17.4 Å². The van der Waals surface area contributed by atoms with Crippen LogP contribution in [0.4, 0.5) is 13.2 Å². The molecule has 6 heteroatoms. The van der Waals surface area contributed by atoms with E-state index in [0.717, 1.165) is 0 Å². The molecule has 1 N–H and O–H groups in total. The average molecular weight is 254 g/mol. The second-order valence-electron chi connectivity index (χ2n) is 3.62. The fourth-order valence-corrected chi connectivity index (χ4v) is 1.76. The Bertz CT molecular complexity index is 623. The minimum absolute atomic E-state index is 0.218. The summed E-state index contributed by atoms with van der Waals surface area (Å²) >= 11 is 0. The smallest absolute Gasteiger partial charge is 0.432 e. The van der Waals surface area contributed by atoms with E-state index in [4.69, 9.17) is 10.00 Å². The molecular weight excluding hydrogens is 245 g/mol. The van der Waals surface area contributed by atoms with Gasteiger partial charge in [0.1, 0.15) is 17.5 Å². The largest absolute Gasteiger partial charge is 0.494 e. The number of fused-ring (bicyclic) bond motifs is 1. The van der Waals surface area contributed by atoms with Crippen LogP contribution >= 0.6 is 0 Å². The van der Waals surface area contributed by atoms with Crippen LogP contribution in [-0.2, 0) is 6.18 Å². The van der Waals surface area contributed by atoms with Crippen LogP contribution in [0.1, 0.15) is 18.2 Å². The van der Waals surface area contributed by atoms with Gasteiger partial charge >= 0.3 is 6.18 Å². The lowest BCUT2D eigenvalue weighted by molar-refractivity contribution is -0.140. The van der Waals surface area contributed by atoms with Gasteiger partial charge in [-0.1, -0.05) is 0 Å². The molecule has 3 nitrogen and oxygen atoms in total. The Morgan fingerprint density at radius 2 is 2.11 bits per heavy atom. The topological polar surface area (TPSA) is 48.8 Å². The molecule has 0 atom stereocenters. The molecule has 0 radical (unpaired) electrons. The van der Waals surface area contributed by atoms with Crippen LogP contribution in [0.25, 0.3) is 10.9 Å². The summed E-state index contributed by atoms with van der Waals surface area (Å²) in [5, 5.41) is 9.10. The summed E-state index contributed by atoms with van der Waals surface area (Å²) in [5.74, 6) is 0.439. The maximum Gasteiger partial charge on any atom is 0.432 e. The van der Waals surface area contributed by atoms with Gasteiger partial charge in [-0.25, -0.2) is 0 Å². The van der Waals surface area contributed by atoms with Gasteiger partial charge < -0.3 is 9.72 Å². The number of ether oxygens (including phenoxy) is 1. The zero-order valence-corrected chi connectivity index (χ0v) is 9.43. The Morgan fingerprint density at radius 3 is 2.67 bits per heavy atom. The van der Waals surface area contributed by atoms with Crippen LogP contribution in [0.15, 0.2) is 18.2 Å². The predicted molar refractivity (Wildman–Crippen MR) is 59.2 cm³/mol. The molecular formula is C12H9F3N2O. The minimum Gasteiger partial charge on any atom is -0.494 e. The third kappa shape index (κ3) is 1.99. The zero-order valence-electron chi connectivity index (χ0n) is 9.43. The van der Waals surface area contributed by atoms with Crippen LogP contribution < -0.4 is 4.74 Å². The first-order valence-corrected chi connectivity index (χ1v) is 5.23. The number of halogens is 3. The second-order valence-corrected chi connectivity index (χ2v) is 3.62. The van der Waals surface area contributed by atoms with Crippen molar-refractivity contribution in [3.63, 3.8) is 0 Å². The summed E-state index contributed by atoms with van der Waals surface area (Å²) in [6.45, 7) is 2.18. The molecule has 1 heterocycles. The Morgan fingerprint density at radius 1 is 1.39 bits per heavy atom. The van der Waals surface area contributed by atoms with Crippen LogP contribution in [0.2, 0.25) is 0 Å². The summed E-state index contributed by atoms with van der Waals surface area (Å²) in [6, 6.07) is 6.05. The lowest BCUT2D eigenvalue weighted by Crippen LogP contribution is -2.07. The van der Waals surface area contributed by atoms with Crippen molar-refractivity contribution < 1.29 is 17.9 Å². The van der Waals surface area contributed by atoms with E-state index in [1.165, 1.54) is 12.1 Å². The van der Waals surface area contributed by atoms with Gasteiger partial charge in [0.2, 0.25) is 0 Å². The van der Waals surface area contributed by atoms with E-state index in [0.29, 0.717) is 12.4 Å². The van der Waals surface area contributed by atoms with Crippen molar-refractivity contribution in [1.82, 2.24) is 4.98 Å². The maximum absolute atomic E-state index is 12.7. The molecule has 0 aliphatic heterocycles. The van der Waals surface area contributed by atoms with Crippen molar-refractivity contribution in [1.29, 1.82) is 5.26 Å². The number of nitrogens with one attached hydrogen (secondary N) is 1. The van der Waals surface area contributed by atoms with E-state index in [1.807, 2.05) is 0 Å². The molecule has 0 aliphatic carbocycles. The number of nitriles is 1. The molecule has 0 amide bonds. The summed E-state index contributed by atoms with van der Waals surface area (Å²) in [4.78, 5) is 2.22. The van der Waals surface area contributed by atoms with E-state index in [-0.39, 0.29) is 10.9 Å². The molecule has 0 unspecified atom stereocenters. The summed E-state index contributed by atoms with van der Waals surface area (Å²) in [6.07, 6.45) is -4.57. The third-order valence-corrected chi connectivity index (χ3v) is 2.48. The number of nitrogens with zero attached hydrogens (tertiary/aromatic N) is 1. The van der Waals surface area contributed by atoms with Crippen LogP contribution in [-0.4, -0.2) is 11.6 Å².